The van der Waals surface area contributed by atoms with Crippen molar-refractivity contribution in [3.63, 3.8) is 0 Å². The van der Waals surface area contributed by atoms with Crippen molar-refractivity contribution in [3.05, 3.63) is 16.7 Å². The lowest BCUT2D eigenvalue weighted by molar-refractivity contribution is -0.241. The molecule has 0 aliphatic carbocycles. The summed E-state index contributed by atoms with van der Waals surface area (Å²) in [6.07, 6.45) is -22.9. The molecule has 2 aromatic heterocycles. The summed E-state index contributed by atoms with van der Waals surface area (Å²) in [5, 5.41) is 19.2. The fourth-order valence-electron chi connectivity index (χ4n) is 2.95. The standard InChI is InChI=1S/C13H12F7N5O4/c14-4-5(26)9(29-6(4)7(27)13(18,19)20)25-8-3(1-22-10(21)23-8)24(11(25)28)2-12(15,16)17/h1,4-7,9,26-27H,2H2,(H2,21,22,23)/t4-,5-,6+,7-,9-/m1/s1. The van der Waals surface area contributed by atoms with E-state index in [2.05, 4.69) is 9.97 Å². The summed E-state index contributed by atoms with van der Waals surface area (Å²) in [6, 6.07) is 0. The van der Waals surface area contributed by atoms with Crippen LogP contribution in [0.25, 0.3) is 11.2 Å². The van der Waals surface area contributed by atoms with E-state index in [-0.39, 0.29) is 9.13 Å². The van der Waals surface area contributed by atoms with Gasteiger partial charge < -0.3 is 20.7 Å². The molecular weight excluding hydrogens is 423 g/mol. The Labute approximate surface area is 155 Å². The molecule has 0 spiro atoms. The van der Waals surface area contributed by atoms with Crippen molar-refractivity contribution >= 4 is 17.1 Å². The fraction of sp³-hybridized carbons (Fsp3) is 0.615. The van der Waals surface area contributed by atoms with E-state index in [1.807, 2.05) is 0 Å². The molecular formula is C13H12F7N5O4. The quantitative estimate of drug-likeness (QED) is 0.590. The van der Waals surface area contributed by atoms with Gasteiger partial charge in [0, 0.05) is 0 Å². The van der Waals surface area contributed by atoms with E-state index < -0.39 is 72.4 Å². The molecule has 0 aromatic carbocycles. The van der Waals surface area contributed by atoms with Crippen molar-refractivity contribution in [2.24, 2.45) is 0 Å². The van der Waals surface area contributed by atoms with Gasteiger partial charge in [0.05, 0.1) is 6.20 Å². The zero-order valence-corrected chi connectivity index (χ0v) is 13.9. The summed E-state index contributed by atoms with van der Waals surface area (Å²) >= 11 is 0. The molecule has 1 aliphatic rings. The molecule has 29 heavy (non-hydrogen) atoms. The highest BCUT2D eigenvalue weighted by Gasteiger charge is 2.56. The molecule has 9 nitrogen and oxygen atoms in total. The Morgan fingerprint density at radius 3 is 2.45 bits per heavy atom. The normalized spacial score (nSPS) is 26.9. The Morgan fingerprint density at radius 2 is 1.90 bits per heavy atom. The molecule has 1 fully saturated rings. The fourth-order valence-corrected chi connectivity index (χ4v) is 2.95. The van der Waals surface area contributed by atoms with Gasteiger partial charge in [-0.1, -0.05) is 0 Å². The number of rotatable bonds is 3. The molecule has 4 N–H and O–H groups in total. The van der Waals surface area contributed by atoms with Gasteiger partial charge >= 0.3 is 18.0 Å². The SMILES string of the molecule is Nc1ncc2c(n1)n([C@@H]1O[C@H]([C@@H](O)C(F)(F)F)[C@H](F)[C@H]1O)c(=O)n2CC(F)(F)F. The average molecular weight is 435 g/mol. The lowest BCUT2D eigenvalue weighted by Gasteiger charge is -2.22. The summed E-state index contributed by atoms with van der Waals surface area (Å²) in [5.41, 5.74) is 2.65. The largest absolute Gasteiger partial charge is 0.417 e. The Morgan fingerprint density at radius 1 is 1.28 bits per heavy atom. The zero-order valence-electron chi connectivity index (χ0n) is 13.9. The maximum atomic E-state index is 14.2. The van der Waals surface area contributed by atoms with Crippen LogP contribution in [0.1, 0.15) is 6.23 Å². The molecule has 5 atom stereocenters. The molecule has 0 radical (unpaired) electrons. The topological polar surface area (TPSA) is 128 Å². The van der Waals surface area contributed by atoms with E-state index in [0.29, 0.717) is 0 Å². The molecule has 0 amide bonds. The average Bonchev–Trinajstić information content (AvgIpc) is 3.00. The number of ether oxygens (including phenoxy) is 1. The second kappa shape index (κ2) is 6.81. The molecule has 16 heteroatoms. The molecule has 3 rings (SSSR count). The zero-order chi connectivity index (χ0) is 21.9. The van der Waals surface area contributed by atoms with Gasteiger partial charge in [-0.2, -0.15) is 31.3 Å². The van der Waals surface area contributed by atoms with Gasteiger partial charge in [0.1, 0.15) is 24.3 Å². The van der Waals surface area contributed by atoms with Gasteiger partial charge in [0.2, 0.25) is 5.95 Å². The molecule has 0 unspecified atom stereocenters. The van der Waals surface area contributed by atoms with Crippen molar-refractivity contribution < 1.29 is 45.7 Å². The van der Waals surface area contributed by atoms with E-state index in [9.17, 15) is 45.7 Å². The van der Waals surface area contributed by atoms with Gasteiger partial charge in [-0.05, 0) is 0 Å². The van der Waals surface area contributed by atoms with Crippen LogP contribution in [0.2, 0.25) is 0 Å². The first-order valence-corrected chi connectivity index (χ1v) is 7.74. The van der Waals surface area contributed by atoms with Crippen LogP contribution in [0.4, 0.5) is 36.7 Å². The first kappa shape index (κ1) is 21.3. The number of imidazole rings is 1. The third-order valence-corrected chi connectivity index (χ3v) is 4.19. The van der Waals surface area contributed by atoms with E-state index >= 15 is 0 Å². The van der Waals surface area contributed by atoms with Crippen molar-refractivity contribution in [3.8, 4) is 0 Å². The van der Waals surface area contributed by atoms with E-state index in [0.717, 1.165) is 6.20 Å². The predicted molar refractivity (Wildman–Crippen MR) is 79.1 cm³/mol. The smallest absolute Gasteiger partial charge is 0.385 e. The Balaban J connectivity index is 2.13. The Hall–Kier alpha value is -2.46. The summed E-state index contributed by atoms with van der Waals surface area (Å²) in [7, 11) is 0. The van der Waals surface area contributed by atoms with Gasteiger partial charge in [-0.15, -0.1) is 0 Å². The maximum absolute atomic E-state index is 14.2. The van der Waals surface area contributed by atoms with E-state index in [1.54, 1.807) is 0 Å². The Bertz CT molecular complexity index is 971. The summed E-state index contributed by atoms with van der Waals surface area (Å²) in [4.78, 5) is 19.5. The second-order valence-corrected chi connectivity index (χ2v) is 6.20. The van der Waals surface area contributed by atoms with Crippen molar-refractivity contribution in [1.82, 2.24) is 19.1 Å². The first-order chi connectivity index (χ1) is 13.2. The molecule has 1 saturated heterocycles. The van der Waals surface area contributed by atoms with Crippen LogP contribution < -0.4 is 11.4 Å². The number of anilines is 1. The minimum absolute atomic E-state index is 0.117. The number of fused-ring (bicyclic) bond motifs is 1. The summed E-state index contributed by atoms with van der Waals surface area (Å²) in [5.74, 6) is -0.522. The number of nitrogens with zero attached hydrogens (tertiary/aromatic N) is 4. The van der Waals surface area contributed by atoms with Gasteiger partial charge in [0.15, 0.2) is 24.2 Å². The highest BCUT2D eigenvalue weighted by Crippen LogP contribution is 2.38. The molecule has 3 heterocycles. The van der Waals surface area contributed by atoms with E-state index in [1.165, 1.54) is 0 Å². The number of halogens is 7. The minimum Gasteiger partial charge on any atom is -0.385 e. The van der Waals surface area contributed by atoms with Crippen LogP contribution in [0, 0.1) is 0 Å². The number of aliphatic hydroxyl groups excluding tert-OH is 2. The molecule has 2 aromatic rings. The van der Waals surface area contributed by atoms with Crippen LogP contribution >= 0.6 is 0 Å². The number of aliphatic hydroxyl groups is 2. The number of nitrogen functional groups attached to an aromatic ring is 1. The maximum Gasteiger partial charge on any atom is 0.417 e. The second-order valence-electron chi connectivity index (χ2n) is 6.20. The van der Waals surface area contributed by atoms with Crippen LogP contribution in [-0.2, 0) is 11.3 Å². The number of alkyl halides is 7. The highest BCUT2D eigenvalue weighted by molar-refractivity contribution is 5.72. The molecule has 0 bridgehead atoms. The number of nitrogens with two attached hydrogens (primary N) is 1. The third kappa shape index (κ3) is 3.74. The lowest BCUT2D eigenvalue weighted by Crippen LogP contribution is -2.44. The first-order valence-electron chi connectivity index (χ1n) is 7.74. The molecule has 1 aliphatic heterocycles. The van der Waals surface area contributed by atoms with Crippen molar-refractivity contribution in [2.75, 3.05) is 5.73 Å². The highest BCUT2D eigenvalue weighted by atomic mass is 19.4. The van der Waals surface area contributed by atoms with Crippen molar-refractivity contribution in [2.45, 2.75) is 49.6 Å². The summed E-state index contributed by atoms with van der Waals surface area (Å²) in [6.45, 7) is -1.83. The van der Waals surface area contributed by atoms with Crippen LogP contribution in [0.15, 0.2) is 11.0 Å². The lowest BCUT2D eigenvalue weighted by atomic mass is 10.1. The van der Waals surface area contributed by atoms with Gasteiger partial charge in [-0.3, -0.25) is 4.57 Å². The van der Waals surface area contributed by atoms with E-state index in [4.69, 9.17) is 10.5 Å². The van der Waals surface area contributed by atoms with Crippen LogP contribution in [-0.4, -0.2) is 66.2 Å². The van der Waals surface area contributed by atoms with Gasteiger partial charge in [-0.25, -0.2) is 18.7 Å². The molecule has 0 saturated carbocycles. The Kier molecular flexibility index (Phi) is 4.99. The third-order valence-electron chi connectivity index (χ3n) is 4.19. The minimum atomic E-state index is -5.33. The number of hydrogen-bond acceptors (Lipinski definition) is 7. The van der Waals surface area contributed by atoms with Crippen LogP contribution in [0.5, 0.6) is 0 Å². The summed E-state index contributed by atoms with van der Waals surface area (Å²) < 4.78 is 95.8. The monoisotopic (exact) mass is 435 g/mol. The number of aromatic nitrogens is 4. The predicted octanol–water partition coefficient (Wildman–Crippen LogP) is 0.257. The number of hydrogen-bond donors (Lipinski definition) is 3. The molecule has 162 valence electrons. The van der Waals surface area contributed by atoms with Crippen molar-refractivity contribution in [1.29, 1.82) is 0 Å². The van der Waals surface area contributed by atoms with Gasteiger partial charge in [0.25, 0.3) is 0 Å². The van der Waals surface area contributed by atoms with Crippen LogP contribution in [0.3, 0.4) is 0 Å².